The van der Waals surface area contributed by atoms with Crippen LogP contribution in [0.5, 0.6) is 0 Å². The Bertz CT molecular complexity index is 279. The van der Waals surface area contributed by atoms with Crippen molar-refractivity contribution in [3.8, 4) is 0 Å². The standard InChI is InChI=1S/C15H27F3N2/c1-2-10-20(14-4-3-9-19-11-14)13-7-5-12(6-8-13)15(16,17)18/h12-14,19H,2-11H2,1H3. The molecule has 1 unspecified atom stereocenters. The molecule has 0 aromatic heterocycles. The normalized spacial score (nSPS) is 32.5. The van der Waals surface area contributed by atoms with Gasteiger partial charge in [-0.15, -0.1) is 0 Å². The molecule has 2 rings (SSSR count). The molecule has 5 heteroatoms. The van der Waals surface area contributed by atoms with Gasteiger partial charge in [0, 0.05) is 18.6 Å². The smallest absolute Gasteiger partial charge is 0.315 e. The van der Waals surface area contributed by atoms with Crippen molar-refractivity contribution in [2.45, 2.75) is 70.1 Å². The van der Waals surface area contributed by atoms with Crippen LogP contribution in [0.1, 0.15) is 51.9 Å². The van der Waals surface area contributed by atoms with Gasteiger partial charge in [0.1, 0.15) is 0 Å². The van der Waals surface area contributed by atoms with Gasteiger partial charge in [0.25, 0.3) is 0 Å². The molecule has 0 radical (unpaired) electrons. The second-order valence-electron chi connectivity index (χ2n) is 6.29. The summed E-state index contributed by atoms with van der Waals surface area (Å²) in [6, 6.07) is 0.884. The number of rotatable bonds is 4. The minimum atomic E-state index is -3.99. The first-order valence-corrected chi connectivity index (χ1v) is 8.05. The summed E-state index contributed by atoms with van der Waals surface area (Å²) in [5, 5.41) is 3.42. The maximum Gasteiger partial charge on any atom is 0.391 e. The van der Waals surface area contributed by atoms with E-state index in [0.29, 0.717) is 37.8 Å². The summed E-state index contributed by atoms with van der Waals surface area (Å²) in [7, 11) is 0. The average Bonchev–Trinajstić information content (AvgIpc) is 2.45. The maximum atomic E-state index is 12.7. The first kappa shape index (κ1) is 16.1. The van der Waals surface area contributed by atoms with Gasteiger partial charge < -0.3 is 5.32 Å². The van der Waals surface area contributed by atoms with Gasteiger partial charge in [0.2, 0.25) is 0 Å². The molecule has 1 saturated heterocycles. The van der Waals surface area contributed by atoms with Crippen LogP contribution in [0, 0.1) is 5.92 Å². The van der Waals surface area contributed by atoms with Gasteiger partial charge in [0.05, 0.1) is 5.92 Å². The molecule has 0 spiro atoms. The van der Waals surface area contributed by atoms with E-state index in [9.17, 15) is 13.2 Å². The van der Waals surface area contributed by atoms with Crippen LogP contribution in [0.2, 0.25) is 0 Å². The lowest BCUT2D eigenvalue weighted by Crippen LogP contribution is -2.52. The predicted molar refractivity (Wildman–Crippen MR) is 74.7 cm³/mol. The van der Waals surface area contributed by atoms with Gasteiger partial charge in [-0.05, 0) is 58.0 Å². The topological polar surface area (TPSA) is 15.3 Å². The first-order chi connectivity index (χ1) is 9.52. The van der Waals surface area contributed by atoms with Gasteiger partial charge in [-0.25, -0.2) is 0 Å². The molecule has 1 aliphatic heterocycles. The molecule has 0 bridgehead atoms. The highest BCUT2D eigenvalue weighted by Gasteiger charge is 2.42. The molecule has 1 atom stereocenters. The van der Waals surface area contributed by atoms with Gasteiger partial charge in [0.15, 0.2) is 0 Å². The highest BCUT2D eigenvalue weighted by Crippen LogP contribution is 2.39. The molecule has 20 heavy (non-hydrogen) atoms. The summed E-state index contributed by atoms with van der Waals surface area (Å²) >= 11 is 0. The Morgan fingerprint density at radius 2 is 1.75 bits per heavy atom. The van der Waals surface area contributed by atoms with Crippen molar-refractivity contribution in [3.05, 3.63) is 0 Å². The minimum Gasteiger partial charge on any atom is -0.315 e. The lowest BCUT2D eigenvalue weighted by Gasteiger charge is -2.43. The summed E-state index contributed by atoms with van der Waals surface area (Å²) < 4.78 is 38.2. The fourth-order valence-corrected chi connectivity index (χ4v) is 3.77. The number of alkyl halides is 3. The zero-order chi connectivity index (χ0) is 14.6. The van der Waals surface area contributed by atoms with Crippen molar-refractivity contribution < 1.29 is 13.2 Å². The highest BCUT2D eigenvalue weighted by atomic mass is 19.4. The zero-order valence-corrected chi connectivity index (χ0v) is 12.4. The Kier molecular flexibility index (Phi) is 5.73. The monoisotopic (exact) mass is 292 g/mol. The van der Waals surface area contributed by atoms with Crippen LogP contribution in [0.15, 0.2) is 0 Å². The van der Waals surface area contributed by atoms with E-state index in [2.05, 4.69) is 17.1 Å². The van der Waals surface area contributed by atoms with Crippen molar-refractivity contribution in [2.75, 3.05) is 19.6 Å². The van der Waals surface area contributed by atoms with E-state index in [1.807, 2.05) is 0 Å². The van der Waals surface area contributed by atoms with Crippen LogP contribution in [0.4, 0.5) is 13.2 Å². The van der Waals surface area contributed by atoms with E-state index in [-0.39, 0.29) is 0 Å². The summed E-state index contributed by atoms with van der Waals surface area (Å²) in [4.78, 5) is 2.50. The Morgan fingerprint density at radius 1 is 1.05 bits per heavy atom. The second kappa shape index (κ2) is 7.12. The summed E-state index contributed by atoms with van der Waals surface area (Å²) in [5.74, 6) is -1.06. The van der Waals surface area contributed by atoms with Crippen LogP contribution in [0.3, 0.4) is 0 Å². The zero-order valence-electron chi connectivity index (χ0n) is 12.4. The molecule has 0 aromatic rings. The fraction of sp³-hybridized carbons (Fsp3) is 1.00. The van der Waals surface area contributed by atoms with Crippen molar-refractivity contribution >= 4 is 0 Å². The van der Waals surface area contributed by atoms with E-state index < -0.39 is 12.1 Å². The van der Waals surface area contributed by atoms with Gasteiger partial charge in [-0.2, -0.15) is 13.2 Å². The average molecular weight is 292 g/mol. The molecular weight excluding hydrogens is 265 g/mol. The highest BCUT2D eigenvalue weighted by molar-refractivity contribution is 4.87. The Labute approximate surface area is 120 Å². The van der Waals surface area contributed by atoms with Crippen LogP contribution < -0.4 is 5.32 Å². The molecule has 1 saturated carbocycles. The molecule has 0 amide bonds. The fourth-order valence-electron chi connectivity index (χ4n) is 3.77. The van der Waals surface area contributed by atoms with Gasteiger partial charge in [-0.1, -0.05) is 6.92 Å². The molecule has 118 valence electrons. The van der Waals surface area contributed by atoms with E-state index in [1.54, 1.807) is 0 Å². The predicted octanol–water partition coefficient (Wildman–Crippen LogP) is 3.57. The number of piperidine rings is 1. The third-order valence-electron chi connectivity index (χ3n) is 4.85. The van der Waals surface area contributed by atoms with Crippen molar-refractivity contribution in [3.63, 3.8) is 0 Å². The molecule has 1 heterocycles. The van der Waals surface area contributed by atoms with Crippen molar-refractivity contribution in [1.82, 2.24) is 10.2 Å². The Balaban J connectivity index is 1.90. The van der Waals surface area contributed by atoms with Crippen molar-refractivity contribution in [2.24, 2.45) is 5.92 Å². The number of hydrogen-bond donors (Lipinski definition) is 1. The van der Waals surface area contributed by atoms with Crippen molar-refractivity contribution in [1.29, 1.82) is 0 Å². The number of halogens is 3. The minimum absolute atomic E-state index is 0.314. The van der Waals surface area contributed by atoms with Gasteiger partial charge >= 0.3 is 6.18 Å². The number of nitrogens with zero attached hydrogens (tertiary/aromatic N) is 1. The van der Waals surface area contributed by atoms with E-state index in [1.165, 1.54) is 12.8 Å². The Morgan fingerprint density at radius 3 is 2.25 bits per heavy atom. The Hall–Kier alpha value is -0.290. The SMILES string of the molecule is CCCN(C1CCC(C(F)(F)F)CC1)C1CCCNC1. The third kappa shape index (κ3) is 4.10. The molecule has 2 aliphatic rings. The lowest BCUT2D eigenvalue weighted by atomic mass is 9.84. The summed E-state index contributed by atoms with van der Waals surface area (Å²) in [5.41, 5.74) is 0. The van der Waals surface area contributed by atoms with E-state index >= 15 is 0 Å². The molecule has 2 nitrogen and oxygen atoms in total. The van der Waals surface area contributed by atoms with Crippen LogP contribution >= 0.6 is 0 Å². The van der Waals surface area contributed by atoms with Crippen LogP contribution in [-0.4, -0.2) is 42.8 Å². The third-order valence-corrected chi connectivity index (χ3v) is 4.85. The van der Waals surface area contributed by atoms with E-state index in [0.717, 1.165) is 26.1 Å². The lowest BCUT2D eigenvalue weighted by molar-refractivity contribution is -0.185. The largest absolute Gasteiger partial charge is 0.391 e. The quantitative estimate of drug-likeness (QED) is 0.852. The van der Waals surface area contributed by atoms with E-state index in [4.69, 9.17) is 0 Å². The molecule has 2 fully saturated rings. The van der Waals surface area contributed by atoms with Crippen LogP contribution in [0.25, 0.3) is 0 Å². The molecule has 1 aliphatic carbocycles. The molecular formula is C15H27F3N2. The summed E-state index contributed by atoms with van der Waals surface area (Å²) in [6.07, 6.45) is 1.50. The summed E-state index contributed by atoms with van der Waals surface area (Å²) in [6.45, 7) is 5.26. The molecule has 1 N–H and O–H groups in total. The number of nitrogens with one attached hydrogen (secondary N) is 1. The maximum absolute atomic E-state index is 12.7. The van der Waals surface area contributed by atoms with Crippen LogP contribution in [-0.2, 0) is 0 Å². The number of hydrogen-bond acceptors (Lipinski definition) is 2. The molecule has 0 aromatic carbocycles. The second-order valence-corrected chi connectivity index (χ2v) is 6.29. The van der Waals surface area contributed by atoms with Gasteiger partial charge in [-0.3, -0.25) is 4.90 Å². The first-order valence-electron chi connectivity index (χ1n) is 8.05.